The van der Waals surface area contributed by atoms with Crippen molar-refractivity contribution in [2.24, 2.45) is 5.92 Å². The Bertz CT molecular complexity index is 398. The number of ether oxygens (including phenoxy) is 1. The van der Waals surface area contributed by atoms with Crippen LogP contribution in [0.5, 0.6) is 0 Å². The van der Waals surface area contributed by atoms with Crippen LogP contribution in [0.3, 0.4) is 0 Å². The first-order chi connectivity index (χ1) is 8.70. The smallest absolute Gasteiger partial charge is 0.325 e. The summed E-state index contributed by atoms with van der Waals surface area (Å²) in [6.07, 6.45) is 2.43. The van der Waals surface area contributed by atoms with Crippen molar-refractivity contribution < 1.29 is 14.6 Å². The van der Waals surface area contributed by atoms with E-state index in [0.29, 0.717) is 12.5 Å². The lowest BCUT2D eigenvalue weighted by molar-refractivity contribution is -0.139. The molecular formula is C14H19NO3. The molecule has 2 rings (SSSR count). The van der Waals surface area contributed by atoms with Crippen molar-refractivity contribution in [1.82, 2.24) is 5.32 Å². The highest BCUT2D eigenvalue weighted by molar-refractivity contribution is 5.75. The van der Waals surface area contributed by atoms with Gasteiger partial charge >= 0.3 is 5.97 Å². The Morgan fingerprint density at radius 2 is 2.11 bits per heavy atom. The van der Waals surface area contributed by atoms with Gasteiger partial charge in [-0.1, -0.05) is 24.3 Å². The van der Waals surface area contributed by atoms with Crippen LogP contribution >= 0.6 is 0 Å². The van der Waals surface area contributed by atoms with E-state index in [4.69, 9.17) is 4.74 Å². The summed E-state index contributed by atoms with van der Waals surface area (Å²) < 4.78 is 5.03. The molecule has 1 aromatic rings. The lowest BCUT2D eigenvalue weighted by Gasteiger charge is -2.15. The van der Waals surface area contributed by atoms with E-state index < -0.39 is 12.0 Å². The highest BCUT2D eigenvalue weighted by Crippen LogP contribution is 2.28. The lowest BCUT2D eigenvalue weighted by atomic mass is 10.0. The average Bonchev–Trinajstić information content (AvgIpc) is 3.15. The van der Waals surface area contributed by atoms with Crippen LogP contribution in [-0.2, 0) is 16.1 Å². The molecule has 4 heteroatoms. The number of carboxylic acids is 1. The second-order valence-corrected chi connectivity index (χ2v) is 4.80. The minimum Gasteiger partial charge on any atom is -0.480 e. The monoisotopic (exact) mass is 249 g/mol. The van der Waals surface area contributed by atoms with Crippen molar-refractivity contribution in [2.45, 2.75) is 25.5 Å². The molecule has 0 heterocycles. The van der Waals surface area contributed by atoms with Crippen molar-refractivity contribution in [3.05, 3.63) is 35.4 Å². The zero-order valence-electron chi connectivity index (χ0n) is 10.6. The number of aliphatic carboxylic acids is 1. The second kappa shape index (κ2) is 5.98. The van der Waals surface area contributed by atoms with Gasteiger partial charge in [0.05, 0.1) is 6.61 Å². The van der Waals surface area contributed by atoms with Crippen molar-refractivity contribution >= 4 is 5.97 Å². The largest absolute Gasteiger partial charge is 0.480 e. The van der Waals surface area contributed by atoms with Crippen LogP contribution in [0.4, 0.5) is 0 Å². The summed E-state index contributed by atoms with van der Waals surface area (Å²) in [5.41, 5.74) is 1.84. The Balaban J connectivity index is 2.01. The maximum Gasteiger partial charge on any atom is 0.325 e. The van der Waals surface area contributed by atoms with Gasteiger partial charge in [-0.15, -0.1) is 0 Å². The Morgan fingerprint density at radius 3 is 2.61 bits per heavy atom. The molecule has 1 aromatic carbocycles. The summed E-state index contributed by atoms with van der Waals surface area (Å²) in [6.45, 7) is 1.34. The normalized spacial score (nSPS) is 16.5. The molecule has 0 radical (unpaired) electrons. The molecule has 1 aliphatic carbocycles. The quantitative estimate of drug-likeness (QED) is 0.775. The number of methoxy groups -OCH3 is 1. The number of nitrogens with one attached hydrogen (secondary N) is 1. The topological polar surface area (TPSA) is 58.6 Å². The molecule has 1 aliphatic rings. The van der Waals surface area contributed by atoms with Gasteiger partial charge in [-0.3, -0.25) is 4.79 Å². The molecule has 1 saturated carbocycles. The van der Waals surface area contributed by atoms with Gasteiger partial charge in [-0.05, 0) is 36.4 Å². The fourth-order valence-corrected chi connectivity index (χ4v) is 1.93. The molecule has 0 spiro atoms. The van der Waals surface area contributed by atoms with Gasteiger partial charge in [0.1, 0.15) is 6.04 Å². The van der Waals surface area contributed by atoms with E-state index in [1.807, 2.05) is 24.3 Å². The standard InChI is InChI=1S/C14H19NO3/c1-18-9-11-4-6-12(7-5-11)13(14(16)17)15-8-10-2-3-10/h4-7,10,13,15H,2-3,8-9H2,1H3,(H,16,17). The van der Waals surface area contributed by atoms with Crippen molar-refractivity contribution in [2.75, 3.05) is 13.7 Å². The molecule has 1 unspecified atom stereocenters. The van der Waals surface area contributed by atoms with Crippen LogP contribution in [0.2, 0.25) is 0 Å². The zero-order chi connectivity index (χ0) is 13.0. The summed E-state index contributed by atoms with van der Waals surface area (Å²) >= 11 is 0. The minimum absolute atomic E-state index is 0.549. The molecule has 0 bridgehead atoms. The number of rotatable bonds is 7. The van der Waals surface area contributed by atoms with Gasteiger partial charge in [0.25, 0.3) is 0 Å². The van der Waals surface area contributed by atoms with Gasteiger partial charge < -0.3 is 15.2 Å². The van der Waals surface area contributed by atoms with Crippen LogP contribution < -0.4 is 5.32 Å². The van der Waals surface area contributed by atoms with Gasteiger partial charge in [-0.25, -0.2) is 0 Å². The van der Waals surface area contributed by atoms with Crippen LogP contribution in [0.1, 0.15) is 30.0 Å². The Kier molecular flexibility index (Phi) is 4.33. The van der Waals surface area contributed by atoms with Crippen LogP contribution in [0, 0.1) is 5.92 Å². The van der Waals surface area contributed by atoms with Gasteiger partial charge in [0, 0.05) is 7.11 Å². The molecule has 0 aromatic heterocycles. The van der Waals surface area contributed by atoms with E-state index in [-0.39, 0.29) is 0 Å². The van der Waals surface area contributed by atoms with Crippen LogP contribution in [0.25, 0.3) is 0 Å². The minimum atomic E-state index is -0.824. The Morgan fingerprint density at radius 1 is 1.44 bits per heavy atom. The molecular weight excluding hydrogens is 230 g/mol. The Labute approximate surface area is 107 Å². The molecule has 98 valence electrons. The van der Waals surface area contributed by atoms with E-state index in [9.17, 15) is 9.90 Å². The van der Waals surface area contributed by atoms with E-state index in [1.54, 1.807) is 7.11 Å². The van der Waals surface area contributed by atoms with Gasteiger partial charge in [0.2, 0.25) is 0 Å². The molecule has 4 nitrogen and oxygen atoms in total. The summed E-state index contributed by atoms with van der Waals surface area (Å²) in [6, 6.07) is 6.92. The fourth-order valence-electron chi connectivity index (χ4n) is 1.93. The number of carboxylic acid groups (broad SMARTS) is 1. The molecule has 0 aliphatic heterocycles. The molecule has 18 heavy (non-hydrogen) atoms. The first kappa shape index (κ1) is 13.1. The third kappa shape index (κ3) is 3.55. The first-order valence-corrected chi connectivity index (χ1v) is 6.24. The van der Waals surface area contributed by atoms with E-state index >= 15 is 0 Å². The average molecular weight is 249 g/mol. The predicted octanol–water partition coefficient (Wildman–Crippen LogP) is 1.96. The molecule has 0 saturated heterocycles. The van der Waals surface area contributed by atoms with E-state index in [2.05, 4.69) is 5.32 Å². The zero-order valence-corrected chi connectivity index (χ0v) is 10.6. The highest BCUT2D eigenvalue weighted by atomic mass is 16.5. The SMILES string of the molecule is COCc1ccc(C(NCC2CC2)C(=O)O)cc1. The molecule has 0 amide bonds. The second-order valence-electron chi connectivity index (χ2n) is 4.80. The Hall–Kier alpha value is -1.39. The molecule has 1 atom stereocenters. The highest BCUT2D eigenvalue weighted by Gasteiger charge is 2.25. The van der Waals surface area contributed by atoms with Crippen LogP contribution in [-0.4, -0.2) is 24.7 Å². The lowest BCUT2D eigenvalue weighted by Crippen LogP contribution is -2.30. The molecule has 2 N–H and O–H groups in total. The predicted molar refractivity (Wildman–Crippen MR) is 68.3 cm³/mol. The van der Waals surface area contributed by atoms with Crippen molar-refractivity contribution in [1.29, 1.82) is 0 Å². The third-order valence-corrected chi connectivity index (χ3v) is 3.18. The first-order valence-electron chi connectivity index (χ1n) is 6.24. The summed E-state index contributed by atoms with van der Waals surface area (Å²) in [4.78, 5) is 11.3. The molecule has 1 fully saturated rings. The maximum absolute atomic E-state index is 11.3. The summed E-state index contributed by atoms with van der Waals surface area (Å²) in [5.74, 6) is -0.158. The van der Waals surface area contributed by atoms with Gasteiger partial charge in [0.15, 0.2) is 0 Å². The van der Waals surface area contributed by atoms with Gasteiger partial charge in [-0.2, -0.15) is 0 Å². The third-order valence-electron chi connectivity index (χ3n) is 3.18. The fraction of sp³-hybridized carbons (Fsp3) is 0.500. The van der Waals surface area contributed by atoms with Crippen LogP contribution in [0.15, 0.2) is 24.3 Å². The maximum atomic E-state index is 11.3. The summed E-state index contributed by atoms with van der Waals surface area (Å²) in [7, 11) is 1.64. The summed E-state index contributed by atoms with van der Waals surface area (Å²) in [5, 5.41) is 12.4. The number of hydrogen-bond acceptors (Lipinski definition) is 3. The number of hydrogen-bond donors (Lipinski definition) is 2. The van der Waals surface area contributed by atoms with Crippen molar-refractivity contribution in [3.8, 4) is 0 Å². The number of carbonyl (C=O) groups is 1. The number of benzene rings is 1. The van der Waals surface area contributed by atoms with E-state index in [1.165, 1.54) is 12.8 Å². The van der Waals surface area contributed by atoms with E-state index in [0.717, 1.165) is 17.7 Å². The van der Waals surface area contributed by atoms with Crippen molar-refractivity contribution in [3.63, 3.8) is 0 Å².